The van der Waals surface area contributed by atoms with Crippen LogP contribution in [-0.4, -0.2) is 11.5 Å². The summed E-state index contributed by atoms with van der Waals surface area (Å²) in [4.78, 5) is 5.74. The van der Waals surface area contributed by atoms with Gasteiger partial charge in [-0.1, -0.05) is 24.3 Å². The van der Waals surface area contributed by atoms with Crippen molar-refractivity contribution in [2.75, 3.05) is 6.54 Å². The second-order valence-electron chi connectivity index (χ2n) is 4.80. The molecule has 0 radical (unpaired) electrons. The van der Waals surface area contributed by atoms with Gasteiger partial charge in [-0.3, -0.25) is 0 Å². The van der Waals surface area contributed by atoms with E-state index in [9.17, 15) is 0 Å². The topological polar surface area (TPSA) is 64.9 Å². The maximum absolute atomic E-state index is 5.90. The van der Waals surface area contributed by atoms with Gasteiger partial charge in [0.2, 0.25) is 0 Å². The Kier molecular flexibility index (Phi) is 3.16. The number of nitrogens with two attached hydrogens (primary N) is 2. The summed E-state index contributed by atoms with van der Waals surface area (Å²) in [5.74, 6) is 0.730. The van der Waals surface area contributed by atoms with Crippen LogP contribution in [0.25, 0.3) is 10.4 Å². The van der Waals surface area contributed by atoms with Crippen molar-refractivity contribution in [1.82, 2.24) is 4.98 Å². The van der Waals surface area contributed by atoms with Crippen molar-refractivity contribution in [1.29, 1.82) is 0 Å². The van der Waals surface area contributed by atoms with Crippen LogP contribution < -0.4 is 11.5 Å². The first-order valence-corrected chi connectivity index (χ1v) is 7.11. The zero-order chi connectivity index (χ0) is 12.5. The molecule has 0 spiro atoms. The van der Waals surface area contributed by atoms with Crippen molar-refractivity contribution < 1.29 is 0 Å². The van der Waals surface area contributed by atoms with E-state index >= 15 is 0 Å². The van der Waals surface area contributed by atoms with E-state index in [4.69, 9.17) is 11.5 Å². The highest BCUT2D eigenvalue weighted by atomic mass is 32.1. The fourth-order valence-electron chi connectivity index (χ4n) is 1.97. The van der Waals surface area contributed by atoms with Gasteiger partial charge in [-0.15, -0.1) is 11.3 Å². The quantitative estimate of drug-likeness (QED) is 0.887. The Balaban J connectivity index is 1.82. The molecule has 18 heavy (non-hydrogen) atoms. The molecule has 3 rings (SSSR count). The second kappa shape index (κ2) is 4.80. The van der Waals surface area contributed by atoms with E-state index in [0.717, 1.165) is 11.5 Å². The Labute approximate surface area is 111 Å². The van der Waals surface area contributed by atoms with E-state index in [0.29, 0.717) is 6.54 Å². The number of hydrogen-bond donors (Lipinski definition) is 2. The molecule has 1 aliphatic rings. The summed E-state index contributed by atoms with van der Waals surface area (Å²) in [6.45, 7) is 0.478. The standard InChI is InChI=1S/C14H17N3S/c15-7-12(16)9-1-3-10(4-2-9)13-8-17-14(18-13)11-5-6-11/h1-4,8,11-12H,5-7,15-16H2. The summed E-state index contributed by atoms with van der Waals surface area (Å²) in [6.07, 6.45) is 4.59. The summed E-state index contributed by atoms with van der Waals surface area (Å²) < 4.78 is 0. The maximum atomic E-state index is 5.90. The lowest BCUT2D eigenvalue weighted by Gasteiger charge is -2.09. The molecule has 2 aromatic rings. The summed E-state index contributed by atoms with van der Waals surface area (Å²) in [7, 11) is 0. The van der Waals surface area contributed by atoms with E-state index in [1.807, 2.05) is 17.5 Å². The van der Waals surface area contributed by atoms with E-state index in [2.05, 4.69) is 29.2 Å². The molecule has 3 nitrogen and oxygen atoms in total. The SMILES string of the molecule is NCC(N)c1ccc(-c2cnc(C3CC3)s2)cc1. The highest BCUT2D eigenvalue weighted by Gasteiger charge is 2.26. The third-order valence-electron chi connectivity index (χ3n) is 3.33. The third-order valence-corrected chi connectivity index (χ3v) is 4.54. The molecule has 1 saturated carbocycles. The summed E-state index contributed by atoms with van der Waals surface area (Å²) >= 11 is 1.81. The van der Waals surface area contributed by atoms with Gasteiger partial charge in [0.15, 0.2) is 0 Å². The number of hydrogen-bond acceptors (Lipinski definition) is 4. The predicted molar refractivity (Wildman–Crippen MR) is 75.5 cm³/mol. The number of thiazole rings is 1. The van der Waals surface area contributed by atoms with Crippen LogP contribution in [0.4, 0.5) is 0 Å². The third kappa shape index (κ3) is 2.32. The monoisotopic (exact) mass is 259 g/mol. The Hall–Kier alpha value is -1.23. The lowest BCUT2D eigenvalue weighted by Crippen LogP contribution is -2.20. The Morgan fingerprint density at radius 1 is 1.28 bits per heavy atom. The number of rotatable bonds is 4. The van der Waals surface area contributed by atoms with Crippen molar-refractivity contribution in [3.05, 3.63) is 41.0 Å². The van der Waals surface area contributed by atoms with Crippen LogP contribution in [-0.2, 0) is 0 Å². The fourth-order valence-corrected chi connectivity index (χ4v) is 3.06. The molecule has 4 heteroatoms. The van der Waals surface area contributed by atoms with Crippen LogP contribution in [0.15, 0.2) is 30.5 Å². The van der Waals surface area contributed by atoms with Crippen LogP contribution in [0, 0.1) is 0 Å². The molecule has 1 fully saturated rings. The van der Waals surface area contributed by atoms with Crippen LogP contribution in [0.5, 0.6) is 0 Å². The van der Waals surface area contributed by atoms with Crippen LogP contribution in [0.3, 0.4) is 0 Å². The normalized spacial score (nSPS) is 16.8. The highest BCUT2D eigenvalue weighted by Crippen LogP contribution is 2.43. The lowest BCUT2D eigenvalue weighted by atomic mass is 10.1. The van der Waals surface area contributed by atoms with Gasteiger partial charge in [-0.05, 0) is 24.0 Å². The van der Waals surface area contributed by atoms with Gasteiger partial charge in [-0.2, -0.15) is 0 Å². The summed E-state index contributed by atoms with van der Waals surface area (Å²) in [6, 6.07) is 8.26. The lowest BCUT2D eigenvalue weighted by molar-refractivity contribution is 0.737. The van der Waals surface area contributed by atoms with Crippen LogP contribution >= 0.6 is 11.3 Å². The van der Waals surface area contributed by atoms with E-state index in [1.165, 1.54) is 28.3 Å². The highest BCUT2D eigenvalue weighted by molar-refractivity contribution is 7.15. The molecular weight excluding hydrogens is 242 g/mol. The van der Waals surface area contributed by atoms with E-state index in [-0.39, 0.29) is 6.04 Å². The molecule has 1 aliphatic carbocycles. The smallest absolute Gasteiger partial charge is 0.0962 e. The molecular formula is C14H17N3S. The van der Waals surface area contributed by atoms with Crippen molar-refractivity contribution in [2.24, 2.45) is 11.5 Å². The molecule has 0 aliphatic heterocycles. The number of benzene rings is 1. The average molecular weight is 259 g/mol. The number of nitrogens with zero attached hydrogens (tertiary/aromatic N) is 1. The van der Waals surface area contributed by atoms with Crippen molar-refractivity contribution in [3.63, 3.8) is 0 Å². The molecule has 1 atom stereocenters. The molecule has 4 N–H and O–H groups in total. The zero-order valence-corrected chi connectivity index (χ0v) is 11.0. The predicted octanol–water partition coefficient (Wildman–Crippen LogP) is 2.65. The summed E-state index contributed by atoms with van der Waals surface area (Å²) in [5.41, 5.74) is 13.8. The van der Waals surface area contributed by atoms with Gasteiger partial charge in [-0.25, -0.2) is 4.98 Å². The van der Waals surface area contributed by atoms with Gasteiger partial charge in [0.25, 0.3) is 0 Å². The van der Waals surface area contributed by atoms with Gasteiger partial charge in [0.1, 0.15) is 0 Å². The van der Waals surface area contributed by atoms with Crippen LogP contribution in [0.2, 0.25) is 0 Å². The van der Waals surface area contributed by atoms with Gasteiger partial charge in [0.05, 0.1) is 9.88 Å². The van der Waals surface area contributed by atoms with Gasteiger partial charge in [0, 0.05) is 24.7 Å². The molecule has 0 bridgehead atoms. The second-order valence-corrected chi connectivity index (χ2v) is 5.86. The first kappa shape index (κ1) is 11.8. The minimum Gasteiger partial charge on any atom is -0.329 e. The van der Waals surface area contributed by atoms with Gasteiger partial charge >= 0.3 is 0 Å². The van der Waals surface area contributed by atoms with Crippen molar-refractivity contribution in [2.45, 2.75) is 24.8 Å². The minimum atomic E-state index is -0.0671. The van der Waals surface area contributed by atoms with Crippen LogP contribution in [0.1, 0.15) is 35.4 Å². The molecule has 1 heterocycles. The van der Waals surface area contributed by atoms with E-state index < -0.39 is 0 Å². The largest absolute Gasteiger partial charge is 0.329 e. The van der Waals surface area contributed by atoms with Crippen molar-refractivity contribution >= 4 is 11.3 Å². The average Bonchev–Trinajstić information content (AvgIpc) is 3.16. The Morgan fingerprint density at radius 3 is 2.61 bits per heavy atom. The minimum absolute atomic E-state index is 0.0671. The number of aromatic nitrogens is 1. The zero-order valence-electron chi connectivity index (χ0n) is 10.2. The molecule has 0 saturated heterocycles. The Morgan fingerprint density at radius 2 is 2.00 bits per heavy atom. The molecule has 1 aromatic heterocycles. The van der Waals surface area contributed by atoms with E-state index in [1.54, 1.807) is 0 Å². The molecule has 1 aromatic carbocycles. The van der Waals surface area contributed by atoms with Gasteiger partial charge < -0.3 is 11.5 Å². The first-order valence-electron chi connectivity index (χ1n) is 6.29. The molecule has 94 valence electrons. The maximum Gasteiger partial charge on any atom is 0.0962 e. The fraction of sp³-hybridized carbons (Fsp3) is 0.357. The molecule has 1 unspecified atom stereocenters. The first-order chi connectivity index (χ1) is 8.78. The summed E-state index contributed by atoms with van der Waals surface area (Å²) in [5, 5.41) is 1.28. The molecule has 0 amide bonds. The van der Waals surface area contributed by atoms with Crippen molar-refractivity contribution in [3.8, 4) is 10.4 Å². The Bertz CT molecular complexity index is 528.